The van der Waals surface area contributed by atoms with E-state index in [1.807, 2.05) is 12.1 Å². The minimum atomic E-state index is -0.108. The van der Waals surface area contributed by atoms with Gasteiger partial charge in [0, 0.05) is 31.2 Å². The second kappa shape index (κ2) is 8.45. The molecule has 0 unspecified atom stereocenters. The van der Waals surface area contributed by atoms with E-state index in [-0.39, 0.29) is 17.9 Å². The van der Waals surface area contributed by atoms with Crippen molar-refractivity contribution in [2.24, 2.45) is 5.92 Å². The van der Waals surface area contributed by atoms with Gasteiger partial charge in [0.25, 0.3) is 0 Å². The molecule has 3 rings (SSSR count). The van der Waals surface area contributed by atoms with Crippen molar-refractivity contribution in [1.29, 1.82) is 0 Å². The van der Waals surface area contributed by atoms with Crippen LogP contribution in [0.2, 0.25) is 0 Å². The van der Waals surface area contributed by atoms with Gasteiger partial charge >= 0.3 is 0 Å². The number of piperidine rings is 1. The van der Waals surface area contributed by atoms with Gasteiger partial charge in [0.15, 0.2) is 0 Å². The zero-order valence-corrected chi connectivity index (χ0v) is 14.3. The molecule has 1 heterocycles. The van der Waals surface area contributed by atoms with Crippen LogP contribution in [0.1, 0.15) is 37.7 Å². The fourth-order valence-corrected chi connectivity index (χ4v) is 3.46. The van der Waals surface area contributed by atoms with Crippen molar-refractivity contribution >= 4 is 11.6 Å². The lowest BCUT2D eigenvalue weighted by Gasteiger charge is -2.29. The lowest BCUT2D eigenvalue weighted by atomic mass is 9.93. The monoisotopic (exact) mass is 328 g/mol. The maximum Gasteiger partial charge on any atom is 0.227 e. The number of hydrogen-bond acceptors (Lipinski definition) is 3. The molecule has 2 aliphatic rings. The lowest BCUT2D eigenvalue weighted by molar-refractivity contribution is -0.120. The van der Waals surface area contributed by atoms with Gasteiger partial charge in [-0.15, -0.1) is 0 Å². The fraction of sp³-hybridized carbons (Fsp3) is 0.550. The number of nitrogens with one attached hydrogen (secondary N) is 1. The molecule has 130 valence electrons. The number of likely N-dealkylation sites (tertiary alicyclic amines) is 1. The number of amides is 1. The molecular formula is C20H28N2O2. The molecular weight excluding hydrogens is 300 g/mol. The molecule has 1 aromatic rings. The second-order valence-electron chi connectivity index (χ2n) is 6.99. The normalized spacial score (nSPS) is 22.5. The van der Waals surface area contributed by atoms with Crippen molar-refractivity contribution in [3.8, 4) is 0 Å². The lowest BCUT2D eigenvalue weighted by Crippen LogP contribution is -2.37. The third-order valence-corrected chi connectivity index (χ3v) is 5.14. The van der Waals surface area contributed by atoms with E-state index >= 15 is 0 Å². The van der Waals surface area contributed by atoms with Crippen molar-refractivity contribution in [1.82, 2.24) is 4.90 Å². The smallest absolute Gasteiger partial charge is 0.227 e. The van der Waals surface area contributed by atoms with Crippen molar-refractivity contribution in [2.75, 3.05) is 25.0 Å². The van der Waals surface area contributed by atoms with Crippen LogP contribution in [-0.4, -0.2) is 41.7 Å². The molecule has 0 spiro atoms. The van der Waals surface area contributed by atoms with E-state index in [2.05, 4.69) is 34.5 Å². The minimum absolute atomic E-state index is 0.108. The molecule has 1 aliphatic heterocycles. The number of aliphatic hydroxyl groups excluding tert-OH is 1. The Balaban J connectivity index is 1.44. The summed E-state index contributed by atoms with van der Waals surface area (Å²) in [5.74, 6) is 0.253. The minimum Gasteiger partial charge on any atom is -0.393 e. The van der Waals surface area contributed by atoms with Gasteiger partial charge in [0.1, 0.15) is 0 Å². The van der Waals surface area contributed by atoms with E-state index in [4.69, 9.17) is 0 Å². The Bertz CT molecular complexity index is 560. The van der Waals surface area contributed by atoms with E-state index in [1.54, 1.807) is 0 Å². The van der Waals surface area contributed by atoms with Crippen LogP contribution >= 0.6 is 0 Å². The van der Waals surface area contributed by atoms with Gasteiger partial charge in [-0.05, 0) is 56.2 Å². The van der Waals surface area contributed by atoms with Gasteiger partial charge < -0.3 is 15.3 Å². The Morgan fingerprint density at radius 3 is 2.54 bits per heavy atom. The molecule has 4 heteroatoms. The van der Waals surface area contributed by atoms with Crippen molar-refractivity contribution in [3.63, 3.8) is 0 Å². The molecule has 1 aliphatic carbocycles. The standard InChI is InChI=1S/C20H28N2O2/c23-19-11-14-22(15-12-19)13-10-16-6-8-18(9-7-16)21-20(24)17-4-2-1-3-5-17/h1-2,6-9,17,19,23H,3-5,10-15H2,(H,21,24)/t17-/m0/s1. The Kier molecular flexibility index (Phi) is 6.05. The molecule has 4 nitrogen and oxygen atoms in total. The highest BCUT2D eigenvalue weighted by Crippen LogP contribution is 2.20. The molecule has 1 saturated heterocycles. The third-order valence-electron chi connectivity index (χ3n) is 5.14. The molecule has 1 amide bonds. The average Bonchev–Trinajstić information content (AvgIpc) is 2.63. The van der Waals surface area contributed by atoms with Crippen LogP contribution in [0, 0.1) is 5.92 Å². The molecule has 0 aromatic heterocycles. The summed E-state index contributed by atoms with van der Waals surface area (Å²) < 4.78 is 0. The Hall–Kier alpha value is -1.65. The first-order chi connectivity index (χ1) is 11.7. The summed E-state index contributed by atoms with van der Waals surface area (Å²) in [6.07, 6.45) is 9.76. The van der Waals surface area contributed by atoms with E-state index < -0.39 is 0 Å². The van der Waals surface area contributed by atoms with Crippen molar-refractivity contribution in [2.45, 2.75) is 44.6 Å². The predicted molar refractivity (Wildman–Crippen MR) is 96.9 cm³/mol. The number of rotatable bonds is 5. The molecule has 0 saturated carbocycles. The largest absolute Gasteiger partial charge is 0.393 e. The zero-order valence-electron chi connectivity index (χ0n) is 14.3. The van der Waals surface area contributed by atoms with Crippen LogP contribution in [0.4, 0.5) is 5.69 Å². The van der Waals surface area contributed by atoms with E-state index in [1.165, 1.54) is 5.56 Å². The summed E-state index contributed by atoms with van der Waals surface area (Å²) in [7, 11) is 0. The highest BCUT2D eigenvalue weighted by Gasteiger charge is 2.19. The quantitative estimate of drug-likeness (QED) is 0.817. The summed E-state index contributed by atoms with van der Waals surface area (Å²) in [6, 6.07) is 8.22. The Labute approximate surface area is 144 Å². The third kappa shape index (κ3) is 4.92. The molecule has 1 atom stereocenters. The number of aliphatic hydroxyl groups is 1. The number of carbonyl (C=O) groups excluding carboxylic acids is 1. The van der Waals surface area contributed by atoms with Gasteiger partial charge in [-0.1, -0.05) is 24.3 Å². The van der Waals surface area contributed by atoms with E-state index in [0.717, 1.165) is 63.8 Å². The van der Waals surface area contributed by atoms with Gasteiger partial charge in [0.05, 0.1) is 6.10 Å². The molecule has 1 aromatic carbocycles. The van der Waals surface area contributed by atoms with Crippen LogP contribution < -0.4 is 5.32 Å². The second-order valence-corrected chi connectivity index (χ2v) is 6.99. The van der Waals surface area contributed by atoms with Crippen LogP contribution in [0.3, 0.4) is 0 Å². The molecule has 24 heavy (non-hydrogen) atoms. The molecule has 2 N–H and O–H groups in total. The highest BCUT2D eigenvalue weighted by atomic mass is 16.3. The first-order valence-electron chi connectivity index (χ1n) is 9.16. The summed E-state index contributed by atoms with van der Waals surface area (Å²) in [6.45, 7) is 3.02. The topological polar surface area (TPSA) is 52.6 Å². The number of hydrogen-bond donors (Lipinski definition) is 2. The zero-order chi connectivity index (χ0) is 16.8. The van der Waals surface area contributed by atoms with Gasteiger partial charge in [0.2, 0.25) is 5.91 Å². The number of carbonyl (C=O) groups is 1. The SMILES string of the molecule is O=C(Nc1ccc(CCN2CCC(O)CC2)cc1)[C@H]1CC=CCC1. The number of benzene rings is 1. The van der Waals surface area contributed by atoms with Crippen LogP contribution in [-0.2, 0) is 11.2 Å². The summed E-state index contributed by atoms with van der Waals surface area (Å²) in [4.78, 5) is 14.7. The Morgan fingerprint density at radius 1 is 1.12 bits per heavy atom. The van der Waals surface area contributed by atoms with Crippen molar-refractivity contribution < 1.29 is 9.90 Å². The molecule has 0 bridgehead atoms. The van der Waals surface area contributed by atoms with Gasteiger partial charge in [-0.25, -0.2) is 0 Å². The predicted octanol–water partition coefficient (Wildman–Crippen LogP) is 2.98. The maximum atomic E-state index is 12.2. The average molecular weight is 328 g/mol. The summed E-state index contributed by atoms with van der Waals surface area (Å²) >= 11 is 0. The summed E-state index contributed by atoms with van der Waals surface area (Å²) in [5, 5.41) is 12.6. The first-order valence-corrected chi connectivity index (χ1v) is 9.16. The highest BCUT2D eigenvalue weighted by molar-refractivity contribution is 5.92. The van der Waals surface area contributed by atoms with E-state index in [9.17, 15) is 9.90 Å². The maximum absolute atomic E-state index is 12.2. The van der Waals surface area contributed by atoms with Crippen LogP contribution in [0.15, 0.2) is 36.4 Å². The fourth-order valence-electron chi connectivity index (χ4n) is 3.46. The summed E-state index contributed by atoms with van der Waals surface area (Å²) in [5.41, 5.74) is 2.18. The van der Waals surface area contributed by atoms with E-state index in [0.29, 0.717) is 0 Å². The van der Waals surface area contributed by atoms with Gasteiger partial charge in [-0.3, -0.25) is 4.79 Å². The number of nitrogens with zero attached hydrogens (tertiary/aromatic N) is 1. The first kappa shape index (κ1) is 17.2. The van der Waals surface area contributed by atoms with Crippen LogP contribution in [0.5, 0.6) is 0 Å². The van der Waals surface area contributed by atoms with Gasteiger partial charge in [-0.2, -0.15) is 0 Å². The molecule has 1 fully saturated rings. The molecule has 0 radical (unpaired) electrons. The number of allylic oxidation sites excluding steroid dienone is 2. The van der Waals surface area contributed by atoms with Crippen LogP contribution in [0.25, 0.3) is 0 Å². The number of anilines is 1. The van der Waals surface area contributed by atoms with Crippen molar-refractivity contribution in [3.05, 3.63) is 42.0 Å². The Morgan fingerprint density at radius 2 is 1.88 bits per heavy atom.